The molecule has 0 amide bonds. The van der Waals surface area contributed by atoms with Gasteiger partial charge in [-0.05, 0) is 44.6 Å². The number of nitrogens with one attached hydrogen (secondary N) is 1. The highest BCUT2D eigenvalue weighted by Crippen LogP contribution is 2.29. The molecule has 0 aliphatic heterocycles. The first-order valence-corrected chi connectivity index (χ1v) is 7.90. The van der Waals surface area contributed by atoms with Gasteiger partial charge in [-0.1, -0.05) is 6.42 Å². The summed E-state index contributed by atoms with van der Waals surface area (Å²) in [5, 5.41) is 14.4. The summed E-state index contributed by atoms with van der Waals surface area (Å²) in [6.45, 7) is 0.647. The Hall–Kier alpha value is -1.62. The number of nitro benzene ring substituents is 1. The van der Waals surface area contributed by atoms with Crippen molar-refractivity contribution in [3.05, 3.63) is 33.9 Å². The van der Waals surface area contributed by atoms with E-state index in [2.05, 4.69) is 5.32 Å². The zero-order valence-electron chi connectivity index (χ0n) is 12.2. The molecule has 1 aromatic rings. The molecule has 5 nitrogen and oxygen atoms in total. The van der Waals surface area contributed by atoms with E-state index in [9.17, 15) is 10.1 Å². The maximum absolute atomic E-state index is 10.9. The minimum absolute atomic E-state index is 0.138. The molecule has 2 aliphatic carbocycles. The summed E-state index contributed by atoms with van der Waals surface area (Å²) in [5.74, 6) is 0.806. The van der Waals surface area contributed by atoms with Gasteiger partial charge in [0.15, 0.2) is 0 Å². The number of ether oxygens (including phenoxy) is 1. The third-order valence-electron chi connectivity index (χ3n) is 4.26. The van der Waals surface area contributed by atoms with E-state index in [1.807, 2.05) is 0 Å². The van der Waals surface area contributed by atoms with Crippen LogP contribution in [0.5, 0.6) is 5.75 Å². The van der Waals surface area contributed by atoms with Crippen molar-refractivity contribution in [2.75, 3.05) is 0 Å². The summed E-state index contributed by atoms with van der Waals surface area (Å²) in [5.41, 5.74) is 1.04. The Labute approximate surface area is 124 Å². The summed E-state index contributed by atoms with van der Waals surface area (Å²) in [6.07, 6.45) is 8.57. The second-order valence-electron chi connectivity index (χ2n) is 6.08. The largest absolute Gasteiger partial charge is 0.490 e. The lowest BCUT2D eigenvalue weighted by atomic mass is 9.97. The lowest BCUT2D eigenvalue weighted by molar-refractivity contribution is -0.384. The molecule has 21 heavy (non-hydrogen) atoms. The van der Waals surface area contributed by atoms with Gasteiger partial charge < -0.3 is 10.1 Å². The van der Waals surface area contributed by atoms with Crippen molar-refractivity contribution < 1.29 is 9.66 Å². The summed E-state index contributed by atoms with van der Waals surface area (Å²) >= 11 is 0. The van der Waals surface area contributed by atoms with Crippen LogP contribution in [0.3, 0.4) is 0 Å². The van der Waals surface area contributed by atoms with Crippen LogP contribution in [0.4, 0.5) is 5.69 Å². The molecular weight excluding hydrogens is 268 g/mol. The van der Waals surface area contributed by atoms with Crippen LogP contribution < -0.4 is 10.1 Å². The lowest BCUT2D eigenvalue weighted by Gasteiger charge is -2.24. The number of rotatable bonds is 6. The van der Waals surface area contributed by atoms with Gasteiger partial charge in [-0.15, -0.1) is 0 Å². The van der Waals surface area contributed by atoms with E-state index in [0.29, 0.717) is 12.6 Å². The minimum Gasteiger partial charge on any atom is -0.490 e. The van der Waals surface area contributed by atoms with E-state index >= 15 is 0 Å². The molecule has 0 spiro atoms. The third-order valence-corrected chi connectivity index (χ3v) is 4.26. The molecule has 0 saturated heterocycles. The second-order valence-corrected chi connectivity index (χ2v) is 6.08. The van der Waals surface area contributed by atoms with Crippen molar-refractivity contribution in [1.29, 1.82) is 0 Å². The standard InChI is InChI=1S/C16H22N2O3/c19-18(20)14-8-9-16(21-15-4-2-1-3-5-15)12(10-14)11-17-13-6-7-13/h8-10,13,15,17H,1-7,11H2. The fourth-order valence-corrected chi connectivity index (χ4v) is 2.84. The molecular formula is C16H22N2O3. The quantitative estimate of drug-likeness (QED) is 0.642. The van der Waals surface area contributed by atoms with Gasteiger partial charge in [0.05, 0.1) is 11.0 Å². The molecule has 2 aliphatic rings. The minimum atomic E-state index is -0.342. The Morgan fingerprint density at radius 2 is 1.95 bits per heavy atom. The predicted octanol–water partition coefficient (Wildman–Crippen LogP) is 3.56. The first kappa shape index (κ1) is 14.3. The van der Waals surface area contributed by atoms with Crippen LogP contribution in [0.25, 0.3) is 0 Å². The van der Waals surface area contributed by atoms with Crippen LogP contribution in [-0.2, 0) is 6.54 Å². The van der Waals surface area contributed by atoms with Gasteiger partial charge in [-0.2, -0.15) is 0 Å². The Morgan fingerprint density at radius 1 is 1.19 bits per heavy atom. The van der Waals surface area contributed by atoms with Crippen molar-refractivity contribution in [3.63, 3.8) is 0 Å². The van der Waals surface area contributed by atoms with Gasteiger partial charge in [-0.25, -0.2) is 0 Å². The molecule has 2 fully saturated rings. The normalized spacial score (nSPS) is 19.4. The summed E-state index contributed by atoms with van der Waals surface area (Å²) < 4.78 is 6.11. The van der Waals surface area contributed by atoms with Crippen molar-refractivity contribution in [1.82, 2.24) is 5.32 Å². The van der Waals surface area contributed by atoms with Gasteiger partial charge in [0.2, 0.25) is 0 Å². The maximum Gasteiger partial charge on any atom is 0.270 e. The van der Waals surface area contributed by atoms with Crippen LogP contribution in [0, 0.1) is 10.1 Å². The highest BCUT2D eigenvalue weighted by atomic mass is 16.6. The first-order chi connectivity index (χ1) is 10.2. The number of benzene rings is 1. The van der Waals surface area contributed by atoms with Crippen molar-refractivity contribution in [3.8, 4) is 5.75 Å². The van der Waals surface area contributed by atoms with Crippen molar-refractivity contribution >= 4 is 5.69 Å². The van der Waals surface area contributed by atoms with Gasteiger partial charge in [-0.3, -0.25) is 10.1 Å². The van der Waals surface area contributed by atoms with Crippen LogP contribution in [-0.4, -0.2) is 17.1 Å². The molecule has 2 saturated carbocycles. The topological polar surface area (TPSA) is 64.4 Å². The first-order valence-electron chi connectivity index (χ1n) is 7.90. The van der Waals surface area contributed by atoms with Crippen LogP contribution >= 0.6 is 0 Å². The summed E-state index contributed by atoms with van der Waals surface area (Å²) in [7, 11) is 0. The number of non-ortho nitro benzene ring substituents is 1. The lowest BCUT2D eigenvalue weighted by Crippen LogP contribution is -2.22. The van der Waals surface area contributed by atoms with Crippen LogP contribution in [0.2, 0.25) is 0 Å². The van der Waals surface area contributed by atoms with E-state index < -0.39 is 0 Å². The average molecular weight is 290 g/mol. The fraction of sp³-hybridized carbons (Fsp3) is 0.625. The van der Waals surface area contributed by atoms with Crippen LogP contribution in [0.15, 0.2) is 18.2 Å². The Balaban J connectivity index is 1.73. The van der Waals surface area contributed by atoms with Crippen molar-refractivity contribution in [2.24, 2.45) is 0 Å². The SMILES string of the molecule is O=[N+]([O-])c1ccc(OC2CCCCC2)c(CNC2CC2)c1. The molecule has 0 unspecified atom stereocenters. The number of nitro groups is 1. The molecule has 0 radical (unpaired) electrons. The maximum atomic E-state index is 10.9. The molecule has 1 N–H and O–H groups in total. The van der Waals surface area contributed by atoms with E-state index in [0.717, 1.165) is 24.2 Å². The van der Waals surface area contributed by atoms with E-state index in [1.54, 1.807) is 18.2 Å². The summed E-state index contributed by atoms with van der Waals surface area (Å²) in [6, 6.07) is 5.52. The van der Waals surface area contributed by atoms with Gasteiger partial charge >= 0.3 is 0 Å². The average Bonchev–Trinajstić information content (AvgIpc) is 3.31. The third kappa shape index (κ3) is 3.94. The monoisotopic (exact) mass is 290 g/mol. The Kier molecular flexibility index (Phi) is 4.39. The smallest absolute Gasteiger partial charge is 0.270 e. The molecule has 3 rings (SSSR count). The Bertz CT molecular complexity index is 508. The molecule has 0 aromatic heterocycles. The van der Waals surface area contributed by atoms with Crippen molar-refractivity contribution in [2.45, 2.75) is 63.6 Å². The Morgan fingerprint density at radius 3 is 2.62 bits per heavy atom. The molecule has 1 aromatic carbocycles. The van der Waals surface area contributed by atoms with E-state index in [1.165, 1.54) is 32.1 Å². The van der Waals surface area contributed by atoms with Gasteiger partial charge in [0.25, 0.3) is 5.69 Å². The molecule has 114 valence electrons. The zero-order valence-corrected chi connectivity index (χ0v) is 12.2. The molecule has 0 atom stereocenters. The van der Waals surface area contributed by atoms with Gasteiger partial charge in [0, 0.05) is 30.3 Å². The fourth-order valence-electron chi connectivity index (χ4n) is 2.84. The highest BCUT2D eigenvalue weighted by molar-refractivity contribution is 5.44. The number of nitrogens with zero attached hydrogens (tertiary/aromatic N) is 1. The van der Waals surface area contributed by atoms with Gasteiger partial charge in [0.1, 0.15) is 5.75 Å². The number of hydrogen-bond donors (Lipinski definition) is 1. The van der Waals surface area contributed by atoms with E-state index in [4.69, 9.17) is 4.74 Å². The molecule has 0 heterocycles. The summed E-state index contributed by atoms with van der Waals surface area (Å²) in [4.78, 5) is 10.6. The van der Waals surface area contributed by atoms with Crippen LogP contribution in [0.1, 0.15) is 50.5 Å². The second kappa shape index (κ2) is 6.43. The number of hydrogen-bond acceptors (Lipinski definition) is 4. The highest BCUT2D eigenvalue weighted by Gasteiger charge is 2.22. The molecule has 5 heteroatoms. The zero-order chi connectivity index (χ0) is 14.7. The predicted molar refractivity (Wildman–Crippen MR) is 80.5 cm³/mol. The van der Waals surface area contributed by atoms with E-state index in [-0.39, 0.29) is 16.7 Å². The molecule has 0 bridgehead atoms.